The van der Waals surface area contributed by atoms with Gasteiger partial charge in [0.05, 0.1) is 12.0 Å². The summed E-state index contributed by atoms with van der Waals surface area (Å²) in [5.41, 5.74) is 0. The standard InChI is InChI=1S/C13H22N2O2/c1-9(2)7-8-12-14-13(17-15-12)10-5-3-4-6-11(10)16/h9-11,16H,3-8H2,1-2H3. The molecule has 1 N–H and O–H groups in total. The van der Waals surface area contributed by atoms with E-state index in [1.54, 1.807) is 0 Å². The van der Waals surface area contributed by atoms with E-state index in [9.17, 15) is 5.11 Å². The van der Waals surface area contributed by atoms with Gasteiger partial charge < -0.3 is 9.63 Å². The highest BCUT2D eigenvalue weighted by molar-refractivity contribution is 4.99. The molecule has 0 bridgehead atoms. The van der Waals surface area contributed by atoms with E-state index < -0.39 is 0 Å². The van der Waals surface area contributed by atoms with Crippen molar-refractivity contribution in [3.05, 3.63) is 11.7 Å². The van der Waals surface area contributed by atoms with E-state index in [-0.39, 0.29) is 12.0 Å². The van der Waals surface area contributed by atoms with Crippen LogP contribution in [0.4, 0.5) is 0 Å². The van der Waals surface area contributed by atoms with Crippen LogP contribution in [0.15, 0.2) is 4.52 Å². The van der Waals surface area contributed by atoms with Crippen molar-refractivity contribution in [1.82, 2.24) is 10.1 Å². The van der Waals surface area contributed by atoms with Gasteiger partial charge in [-0.15, -0.1) is 0 Å². The van der Waals surface area contributed by atoms with Gasteiger partial charge in [0.15, 0.2) is 5.82 Å². The third-order valence-electron chi connectivity index (χ3n) is 3.48. The molecule has 0 amide bonds. The maximum absolute atomic E-state index is 9.92. The molecule has 0 aliphatic heterocycles. The van der Waals surface area contributed by atoms with Crippen LogP contribution in [0.5, 0.6) is 0 Å². The Kier molecular flexibility index (Phi) is 4.15. The van der Waals surface area contributed by atoms with Gasteiger partial charge in [-0.3, -0.25) is 0 Å². The van der Waals surface area contributed by atoms with Crippen LogP contribution in [0.1, 0.15) is 63.6 Å². The summed E-state index contributed by atoms with van der Waals surface area (Å²) in [5, 5.41) is 13.9. The predicted octanol–water partition coefficient (Wildman–Crippen LogP) is 2.68. The quantitative estimate of drug-likeness (QED) is 0.876. The van der Waals surface area contributed by atoms with Crippen LogP contribution in [-0.4, -0.2) is 21.4 Å². The number of hydrogen-bond donors (Lipinski definition) is 1. The molecule has 1 saturated carbocycles. The van der Waals surface area contributed by atoms with Gasteiger partial charge >= 0.3 is 0 Å². The number of aliphatic hydroxyl groups excluding tert-OH is 1. The summed E-state index contributed by atoms with van der Waals surface area (Å²) in [6.07, 6.45) is 5.71. The van der Waals surface area contributed by atoms with Crippen LogP contribution >= 0.6 is 0 Å². The van der Waals surface area contributed by atoms with Crippen LogP contribution in [-0.2, 0) is 6.42 Å². The zero-order valence-corrected chi connectivity index (χ0v) is 10.7. The number of aryl methyl sites for hydroxylation is 1. The Morgan fingerprint density at radius 3 is 2.82 bits per heavy atom. The van der Waals surface area contributed by atoms with Crippen LogP contribution in [0.2, 0.25) is 0 Å². The van der Waals surface area contributed by atoms with Gasteiger partial charge in [-0.25, -0.2) is 0 Å². The SMILES string of the molecule is CC(C)CCc1noc(C2CCCCC2O)n1. The highest BCUT2D eigenvalue weighted by atomic mass is 16.5. The number of rotatable bonds is 4. The van der Waals surface area contributed by atoms with Gasteiger partial charge in [0.1, 0.15) is 0 Å². The molecule has 1 aliphatic carbocycles. The second kappa shape index (κ2) is 5.63. The fourth-order valence-corrected chi connectivity index (χ4v) is 2.34. The van der Waals surface area contributed by atoms with Gasteiger partial charge in [0, 0.05) is 6.42 Å². The number of aliphatic hydroxyl groups is 1. The summed E-state index contributed by atoms with van der Waals surface area (Å²) in [4.78, 5) is 4.42. The smallest absolute Gasteiger partial charge is 0.232 e. The van der Waals surface area contributed by atoms with Crippen molar-refractivity contribution in [2.75, 3.05) is 0 Å². The van der Waals surface area contributed by atoms with Gasteiger partial charge in [-0.2, -0.15) is 4.98 Å². The Hall–Kier alpha value is -0.900. The Balaban J connectivity index is 1.97. The molecule has 1 heterocycles. The van der Waals surface area contributed by atoms with Crippen LogP contribution in [0.25, 0.3) is 0 Å². The topological polar surface area (TPSA) is 59.2 Å². The van der Waals surface area contributed by atoms with Gasteiger partial charge in [-0.1, -0.05) is 31.8 Å². The Labute approximate surface area is 102 Å². The first-order valence-electron chi connectivity index (χ1n) is 6.67. The average Bonchev–Trinajstić information content (AvgIpc) is 2.75. The zero-order valence-electron chi connectivity index (χ0n) is 10.7. The highest BCUT2D eigenvalue weighted by Gasteiger charge is 2.29. The first kappa shape index (κ1) is 12.6. The van der Waals surface area contributed by atoms with Crippen LogP contribution in [0.3, 0.4) is 0 Å². The lowest BCUT2D eigenvalue weighted by Crippen LogP contribution is -2.22. The van der Waals surface area contributed by atoms with Gasteiger partial charge in [0.25, 0.3) is 0 Å². The van der Waals surface area contributed by atoms with Crippen molar-refractivity contribution >= 4 is 0 Å². The Bertz CT molecular complexity index is 349. The minimum absolute atomic E-state index is 0.0593. The molecule has 0 saturated heterocycles. The van der Waals surface area contributed by atoms with Crippen molar-refractivity contribution in [3.63, 3.8) is 0 Å². The fraction of sp³-hybridized carbons (Fsp3) is 0.846. The lowest BCUT2D eigenvalue weighted by Gasteiger charge is -2.24. The molecule has 2 rings (SSSR count). The molecule has 17 heavy (non-hydrogen) atoms. The molecular weight excluding hydrogens is 216 g/mol. The van der Waals surface area contributed by atoms with E-state index >= 15 is 0 Å². The normalized spacial score (nSPS) is 25.4. The molecule has 1 aliphatic rings. The minimum atomic E-state index is -0.304. The van der Waals surface area contributed by atoms with Crippen LogP contribution in [0, 0.1) is 5.92 Å². The minimum Gasteiger partial charge on any atom is -0.392 e. The molecule has 2 atom stereocenters. The van der Waals surface area contributed by atoms with E-state index in [4.69, 9.17) is 4.52 Å². The van der Waals surface area contributed by atoms with Crippen LogP contribution < -0.4 is 0 Å². The third kappa shape index (κ3) is 3.28. The second-order valence-electron chi connectivity index (χ2n) is 5.44. The summed E-state index contributed by atoms with van der Waals surface area (Å²) in [7, 11) is 0. The van der Waals surface area contributed by atoms with Crippen molar-refractivity contribution < 1.29 is 9.63 Å². The summed E-state index contributed by atoms with van der Waals surface area (Å²) < 4.78 is 5.29. The van der Waals surface area contributed by atoms with E-state index in [1.807, 2.05) is 0 Å². The lowest BCUT2D eigenvalue weighted by atomic mass is 9.86. The Morgan fingerprint density at radius 2 is 2.12 bits per heavy atom. The van der Waals surface area contributed by atoms with E-state index in [0.717, 1.165) is 44.3 Å². The monoisotopic (exact) mass is 238 g/mol. The van der Waals surface area contributed by atoms with Crippen molar-refractivity contribution in [3.8, 4) is 0 Å². The fourth-order valence-electron chi connectivity index (χ4n) is 2.34. The second-order valence-corrected chi connectivity index (χ2v) is 5.44. The predicted molar refractivity (Wildman–Crippen MR) is 64.7 cm³/mol. The molecule has 1 fully saturated rings. The third-order valence-corrected chi connectivity index (χ3v) is 3.48. The van der Waals surface area contributed by atoms with Gasteiger partial charge in [0.2, 0.25) is 5.89 Å². The molecule has 96 valence electrons. The molecule has 0 spiro atoms. The maximum Gasteiger partial charge on any atom is 0.232 e. The summed E-state index contributed by atoms with van der Waals surface area (Å²) in [6.45, 7) is 4.37. The summed E-state index contributed by atoms with van der Waals surface area (Å²) in [5.74, 6) is 2.13. The molecule has 0 aromatic carbocycles. The summed E-state index contributed by atoms with van der Waals surface area (Å²) >= 11 is 0. The zero-order chi connectivity index (χ0) is 12.3. The van der Waals surface area contributed by atoms with E-state index in [0.29, 0.717) is 11.8 Å². The molecular formula is C13H22N2O2. The van der Waals surface area contributed by atoms with E-state index in [2.05, 4.69) is 24.0 Å². The highest BCUT2D eigenvalue weighted by Crippen LogP contribution is 2.32. The molecule has 2 unspecified atom stereocenters. The number of nitrogens with zero attached hydrogens (tertiary/aromatic N) is 2. The van der Waals surface area contributed by atoms with E-state index in [1.165, 1.54) is 0 Å². The molecule has 1 aromatic rings. The maximum atomic E-state index is 9.92. The average molecular weight is 238 g/mol. The summed E-state index contributed by atoms with van der Waals surface area (Å²) in [6, 6.07) is 0. The number of aromatic nitrogens is 2. The first-order valence-corrected chi connectivity index (χ1v) is 6.67. The number of hydrogen-bond acceptors (Lipinski definition) is 4. The lowest BCUT2D eigenvalue weighted by molar-refractivity contribution is 0.0908. The van der Waals surface area contributed by atoms with Gasteiger partial charge in [-0.05, 0) is 25.2 Å². The van der Waals surface area contributed by atoms with Crippen molar-refractivity contribution in [1.29, 1.82) is 0 Å². The molecule has 4 nitrogen and oxygen atoms in total. The largest absolute Gasteiger partial charge is 0.392 e. The van der Waals surface area contributed by atoms with Crippen molar-refractivity contribution in [2.24, 2.45) is 5.92 Å². The van der Waals surface area contributed by atoms with Crippen molar-refractivity contribution in [2.45, 2.75) is 64.4 Å². The molecule has 4 heteroatoms. The Morgan fingerprint density at radius 1 is 1.35 bits per heavy atom. The first-order chi connectivity index (χ1) is 8.16. The molecule has 0 radical (unpaired) electrons. The molecule has 1 aromatic heterocycles.